The van der Waals surface area contributed by atoms with E-state index in [1.54, 1.807) is 0 Å². The molecule has 0 unspecified atom stereocenters. The number of hydrogen-bond acceptors (Lipinski definition) is 4. The molecular weight excluding hydrogens is 236 g/mol. The maximum Gasteiger partial charge on any atom is 0.328 e. The van der Waals surface area contributed by atoms with E-state index in [0.29, 0.717) is 0 Å². The molecule has 1 aromatic heterocycles. The highest BCUT2D eigenvalue weighted by Gasteiger charge is 2.53. The summed E-state index contributed by atoms with van der Waals surface area (Å²) in [6.07, 6.45) is 1.03. The van der Waals surface area contributed by atoms with E-state index in [9.17, 15) is 18.4 Å². The third-order valence-electron chi connectivity index (χ3n) is 2.84. The fraction of sp³-hybridized carbons (Fsp3) is 0.556. The molecule has 94 valence electrons. The molecule has 1 fully saturated rings. The van der Waals surface area contributed by atoms with Gasteiger partial charge in [-0.05, 0) is 0 Å². The van der Waals surface area contributed by atoms with Gasteiger partial charge in [-0.2, -0.15) is 0 Å². The Bertz CT molecular complexity index is 525. The number of halogens is 2. The second-order valence-electron chi connectivity index (χ2n) is 3.85. The number of aliphatic hydroxyl groups is 1. The monoisotopic (exact) mass is 247 g/mol. The first-order chi connectivity index (χ1) is 7.96. The number of nitrogens with zero attached hydrogens (tertiary/aromatic N) is 1. The molecule has 0 aliphatic carbocycles. The number of aromatic nitrogens is 2. The Morgan fingerprint density at radius 3 is 2.76 bits per heavy atom. The third-order valence-corrected chi connectivity index (χ3v) is 2.84. The second-order valence-corrected chi connectivity index (χ2v) is 3.85. The van der Waals surface area contributed by atoms with Crippen LogP contribution in [0.2, 0.25) is 0 Å². The van der Waals surface area contributed by atoms with Crippen LogP contribution in [0.15, 0.2) is 21.9 Å². The van der Waals surface area contributed by atoms with Crippen molar-refractivity contribution in [3.05, 3.63) is 33.1 Å². The summed E-state index contributed by atoms with van der Waals surface area (Å²) < 4.78 is 28.3. The zero-order valence-corrected chi connectivity index (χ0v) is 8.69. The largest absolute Gasteiger partial charge is 0.395 e. The second kappa shape index (κ2) is 4.04. The molecular formula is C9H11F2N3O3. The molecule has 2 rings (SSSR count). The van der Waals surface area contributed by atoms with E-state index >= 15 is 0 Å². The smallest absolute Gasteiger partial charge is 0.328 e. The maximum absolute atomic E-state index is 13.8. The molecule has 0 aromatic carbocycles. The lowest BCUT2D eigenvalue weighted by Gasteiger charge is -2.23. The Balaban J connectivity index is 2.42. The molecule has 0 radical (unpaired) electrons. The van der Waals surface area contributed by atoms with Gasteiger partial charge in [0.15, 0.2) is 0 Å². The van der Waals surface area contributed by atoms with Gasteiger partial charge in [0.25, 0.3) is 11.5 Å². The van der Waals surface area contributed by atoms with Crippen molar-refractivity contribution in [3.63, 3.8) is 0 Å². The Labute approximate surface area is 93.9 Å². The third kappa shape index (κ3) is 1.89. The summed E-state index contributed by atoms with van der Waals surface area (Å²) in [7, 11) is 0. The Hall–Kier alpha value is -1.54. The number of alkyl halides is 2. The molecule has 1 saturated heterocycles. The Kier molecular flexibility index (Phi) is 2.84. The molecule has 8 heteroatoms. The molecule has 0 amide bonds. The fourth-order valence-electron chi connectivity index (χ4n) is 1.90. The number of hydrogen-bond donors (Lipinski definition) is 3. The summed E-state index contributed by atoms with van der Waals surface area (Å²) in [4.78, 5) is 24.1. The summed E-state index contributed by atoms with van der Waals surface area (Å²) in [6, 6.07) is -1.79. The zero-order chi connectivity index (χ0) is 12.6. The van der Waals surface area contributed by atoms with Crippen molar-refractivity contribution in [2.24, 2.45) is 0 Å². The van der Waals surface area contributed by atoms with Gasteiger partial charge in [-0.25, -0.2) is 13.6 Å². The van der Waals surface area contributed by atoms with Crippen molar-refractivity contribution in [3.8, 4) is 0 Å². The van der Waals surface area contributed by atoms with Crippen LogP contribution in [0.5, 0.6) is 0 Å². The Morgan fingerprint density at radius 1 is 1.53 bits per heavy atom. The van der Waals surface area contributed by atoms with Gasteiger partial charge >= 0.3 is 5.69 Å². The SMILES string of the molecule is O=c1ccn([C@@H]2CN[C@@H](CO)C2(F)F)c(=O)[nH]1. The van der Waals surface area contributed by atoms with Crippen LogP contribution in [0.1, 0.15) is 6.04 Å². The molecule has 2 heterocycles. The number of aliphatic hydroxyl groups excluding tert-OH is 1. The van der Waals surface area contributed by atoms with Gasteiger partial charge < -0.3 is 10.4 Å². The lowest BCUT2D eigenvalue weighted by Crippen LogP contribution is -2.44. The molecule has 17 heavy (non-hydrogen) atoms. The van der Waals surface area contributed by atoms with Gasteiger partial charge in [0.2, 0.25) is 0 Å². The minimum absolute atomic E-state index is 0.149. The van der Waals surface area contributed by atoms with Crippen molar-refractivity contribution in [2.75, 3.05) is 13.2 Å². The predicted molar refractivity (Wildman–Crippen MR) is 54.2 cm³/mol. The quantitative estimate of drug-likeness (QED) is 0.604. The van der Waals surface area contributed by atoms with Gasteiger partial charge in [-0.1, -0.05) is 0 Å². The molecule has 2 atom stereocenters. The van der Waals surface area contributed by atoms with E-state index in [1.807, 2.05) is 4.98 Å². The summed E-state index contributed by atoms with van der Waals surface area (Å²) in [5, 5.41) is 11.2. The van der Waals surface area contributed by atoms with Gasteiger partial charge in [0, 0.05) is 18.8 Å². The minimum Gasteiger partial charge on any atom is -0.395 e. The average Bonchev–Trinajstić information content (AvgIpc) is 2.54. The summed E-state index contributed by atoms with van der Waals surface area (Å²) in [5.74, 6) is -3.25. The molecule has 0 saturated carbocycles. The number of nitrogens with one attached hydrogen (secondary N) is 2. The van der Waals surface area contributed by atoms with E-state index < -0.39 is 35.9 Å². The van der Waals surface area contributed by atoms with Crippen molar-refractivity contribution < 1.29 is 13.9 Å². The maximum atomic E-state index is 13.8. The molecule has 0 bridgehead atoms. The van der Waals surface area contributed by atoms with Crippen LogP contribution in [0.3, 0.4) is 0 Å². The lowest BCUT2D eigenvalue weighted by molar-refractivity contribution is -0.0586. The average molecular weight is 247 g/mol. The predicted octanol–water partition coefficient (Wildman–Crippen LogP) is -1.32. The minimum atomic E-state index is -3.25. The van der Waals surface area contributed by atoms with E-state index in [1.165, 1.54) is 0 Å². The number of rotatable bonds is 2. The van der Waals surface area contributed by atoms with Crippen molar-refractivity contribution in [2.45, 2.75) is 18.0 Å². The molecule has 6 nitrogen and oxygen atoms in total. The van der Waals surface area contributed by atoms with Crippen molar-refractivity contribution in [1.29, 1.82) is 0 Å². The molecule has 1 aromatic rings. The highest BCUT2D eigenvalue weighted by molar-refractivity contribution is 5.02. The summed E-state index contributed by atoms with van der Waals surface area (Å²) >= 11 is 0. The van der Waals surface area contributed by atoms with Gasteiger partial charge in [0.1, 0.15) is 6.04 Å². The van der Waals surface area contributed by atoms with E-state index in [2.05, 4.69) is 5.32 Å². The highest BCUT2D eigenvalue weighted by Crippen LogP contribution is 2.35. The van der Waals surface area contributed by atoms with Gasteiger partial charge in [-0.3, -0.25) is 14.3 Å². The van der Waals surface area contributed by atoms with E-state index in [0.717, 1.165) is 16.8 Å². The van der Waals surface area contributed by atoms with Crippen LogP contribution in [-0.4, -0.2) is 39.8 Å². The van der Waals surface area contributed by atoms with E-state index in [4.69, 9.17) is 5.11 Å². The van der Waals surface area contributed by atoms with Gasteiger partial charge in [0.05, 0.1) is 12.6 Å². The highest BCUT2D eigenvalue weighted by atomic mass is 19.3. The van der Waals surface area contributed by atoms with E-state index in [-0.39, 0.29) is 6.54 Å². The lowest BCUT2D eigenvalue weighted by atomic mass is 10.1. The zero-order valence-electron chi connectivity index (χ0n) is 8.69. The van der Waals surface area contributed by atoms with Crippen LogP contribution in [0.4, 0.5) is 8.78 Å². The Morgan fingerprint density at radius 2 is 2.24 bits per heavy atom. The van der Waals surface area contributed by atoms with Gasteiger partial charge in [-0.15, -0.1) is 0 Å². The van der Waals surface area contributed by atoms with Crippen molar-refractivity contribution in [1.82, 2.24) is 14.9 Å². The molecule has 0 spiro atoms. The fourth-order valence-corrected chi connectivity index (χ4v) is 1.90. The van der Waals surface area contributed by atoms with Crippen molar-refractivity contribution >= 4 is 0 Å². The first-order valence-corrected chi connectivity index (χ1v) is 5.00. The number of aromatic amines is 1. The summed E-state index contributed by atoms with van der Waals surface area (Å²) in [5.41, 5.74) is -1.53. The normalized spacial score (nSPS) is 27.2. The molecule has 3 N–H and O–H groups in total. The van der Waals surface area contributed by atoms with Crippen LogP contribution < -0.4 is 16.6 Å². The molecule has 1 aliphatic heterocycles. The van der Waals surface area contributed by atoms with Crippen LogP contribution in [-0.2, 0) is 0 Å². The molecule has 1 aliphatic rings. The summed E-state index contributed by atoms with van der Waals surface area (Å²) in [6.45, 7) is -0.869. The first kappa shape index (κ1) is 11.9. The van der Waals surface area contributed by atoms with Crippen LogP contribution in [0, 0.1) is 0 Å². The van der Waals surface area contributed by atoms with Crippen LogP contribution in [0.25, 0.3) is 0 Å². The number of H-pyrrole nitrogens is 1. The van der Waals surface area contributed by atoms with Crippen LogP contribution >= 0.6 is 0 Å². The first-order valence-electron chi connectivity index (χ1n) is 5.00. The standard InChI is InChI=1S/C9H11F2N3O3/c10-9(11)5(4-15)12-3-6(9)14-2-1-7(16)13-8(14)17/h1-2,5-6,12,15H,3-4H2,(H,13,16,17)/t5-,6+/m0/s1. The topological polar surface area (TPSA) is 87.1 Å².